The second-order valence-electron chi connectivity index (χ2n) is 4.32. The Kier molecular flexibility index (Phi) is 4.34. The molecule has 0 spiro atoms. The lowest BCUT2D eigenvalue weighted by Crippen LogP contribution is -2.18. The van der Waals surface area contributed by atoms with Crippen molar-refractivity contribution in [3.8, 4) is 22.1 Å². The zero-order valence-corrected chi connectivity index (χ0v) is 11.7. The Morgan fingerprint density at radius 3 is 2.74 bits per heavy atom. The first kappa shape index (κ1) is 13.8. The maximum absolute atomic E-state index is 9.49. The highest BCUT2D eigenvalue weighted by molar-refractivity contribution is 7.14. The average Bonchev–Trinajstić information content (AvgIpc) is 2.89. The maximum Gasteiger partial charge on any atom is 0.158 e. The molecule has 1 atom stereocenters. The Labute approximate surface area is 115 Å². The number of phenolic OH excluding ortho intramolecular Hbond substituents is 2. The first-order valence-electron chi connectivity index (χ1n) is 6.21. The minimum Gasteiger partial charge on any atom is -0.504 e. The largest absolute Gasteiger partial charge is 0.504 e. The molecule has 0 radical (unpaired) electrons. The molecule has 102 valence electrons. The molecule has 0 aliphatic heterocycles. The van der Waals surface area contributed by atoms with Gasteiger partial charge in [-0.2, -0.15) is 0 Å². The van der Waals surface area contributed by atoms with Crippen LogP contribution in [-0.2, 0) is 0 Å². The van der Waals surface area contributed by atoms with E-state index in [0.29, 0.717) is 0 Å². The van der Waals surface area contributed by atoms with Crippen LogP contribution in [0.1, 0.15) is 31.3 Å². The monoisotopic (exact) mass is 279 g/mol. The van der Waals surface area contributed by atoms with Gasteiger partial charge in [0.15, 0.2) is 11.5 Å². The van der Waals surface area contributed by atoms with Gasteiger partial charge in [-0.3, -0.25) is 0 Å². The fourth-order valence-electron chi connectivity index (χ4n) is 1.63. The molecule has 6 heteroatoms. The third-order valence-electron chi connectivity index (χ3n) is 2.73. The van der Waals surface area contributed by atoms with Crippen LogP contribution in [0.5, 0.6) is 11.5 Å². The Morgan fingerprint density at radius 2 is 2.05 bits per heavy atom. The second kappa shape index (κ2) is 5.99. The smallest absolute Gasteiger partial charge is 0.158 e. The first-order valence-corrected chi connectivity index (χ1v) is 7.02. The van der Waals surface area contributed by atoms with Crippen molar-refractivity contribution in [2.75, 3.05) is 6.54 Å². The number of aromatic hydroxyl groups is 2. The van der Waals surface area contributed by atoms with Crippen molar-refractivity contribution in [1.82, 2.24) is 15.5 Å². The summed E-state index contributed by atoms with van der Waals surface area (Å²) >= 11 is 1.48. The highest BCUT2D eigenvalue weighted by Crippen LogP contribution is 2.32. The standard InChI is InChI=1S/C13H17N3O2S/c1-3-6-14-8(2)12-15-16-13(19-12)9-4-5-10(17)11(18)7-9/h4-5,7-8,14,17-18H,3,6H2,1-2H3. The molecule has 0 bridgehead atoms. The van der Waals surface area contributed by atoms with Gasteiger partial charge in [-0.1, -0.05) is 18.3 Å². The number of nitrogens with zero attached hydrogens (tertiary/aromatic N) is 2. The lowest BCUT2D eigenvalue weighted by Gasteiger charge is -2.08. The summed E-state index contributed by atoms with van der Waals surface area (Å²) in [5.74, 6) is -0.280. The average molecular weight is 279 g/mol. The van der Waals surface area contributed by atoms with E-state index in [1.54, 1.807) is 6.07 Å². The molecule has 0 aliphatic rings. The highest BCUT2D eigenvalue weighted by Gasteiger charge is 2.13. The topological polar surface area (TPSA) is 78.3 Å². The van der Waals surface area contributed by atoms with Gasteiger partial charge in [0.2, 0.25) is 0 Å². The fraction of sp³-hybridized carbons (Fsp3) is 0.385. The minimum absolute atomic E-state index is 0.133. The fourth-order valence-corrected chi connectivity index (χ4v) is 2.50. The summed E-state index contributed by atoms with van der Waals surface area (Å²) in [7, 11) is 0. The van der Waals surface area contributed by atoms with E-state index < -0.39 is 0 Å². The van der Waals surface area contributed by atoms with Gasteiger partial charge in [0.25, 0.3) is 0 Å². The number of benzene rings is 1. The summed E-state index contributed by atoms with van der Waals surface area (Å²) in [6.07, 6.45) is 1.07. The normalized spacial score (nSPS) is 12.5. The summed E-state index contributed by atoms with van der Waals surface area (Å²) in [5, 5.41) is 32.1. The number of hydrogen-bond donors (Lipinski definition) is 3. The van der Waals surface area contributed by atoms with Gasteiger partial charge in [-0.05, 0) is 38.1 Å². The summed E-state index contributed by atoms with van der Waals surface area (Å²) in [5.41, 5.74) is 0.752. The number of rotatable bonds is 5. The van der Waals surface area contributed by atoms with E-state index in [2.05, 4.69) is 22.4 Å². The van der Waals surface area contributed by atoms with Crippen molar-refractivity contribution in [3.63, 3.8) is 0 Å². The van der Waals surface area contributed by atoms with E-state index in [4.69, 9.17) is 0 Å². The first-order chi connectivity index (χ1) is 9.11. The van der Waals surface area contributed by atoms with Crippen molar-refractivity contribution in [3.05, 3.63) is 23.2 Å². The third kappa shape index (κ3) is 3.21. The number of nitrogens with one attached hydrogen (secondary N) is 1. The summed E-state index contributed by atoms with van der Waals surface area (Å²) in [4.78, 5) is 0. The van der Waals surface area contributed by atoms with E-state index in [-0.39, 0.29) is 17.5 Å². The third-order valence-corrected chi connectivity index (χ3v) is 3.89. The molecule has 0 saturated carbocycles. The zero-order chi connectivity index (χ0) is 13.8. The van der Waals surface area contributed by atoms with Crippen molar-refractivity contribution in [2.45, 2.75) is 26.3 Å². The van der Waals surface area contributed by atoms with Crippen molar-refractivity contribution in [1.29, 1.82) is 0 Å². The second-order valence-corrected chi connectivity index (χ2v) is 5.33. The van der Waals surface area contributed by atoms with Crippen LogP contribution >= 0.6 is 11.3 Å². The minimum atomic E-state index is -0.147. The van der Waals surface area contributed by atoms with Crippen LogP contribution < -0.4 is 5.32 Å². The molecule has 2 aromatic rings. The van der Waals surface area contributed by atoms with Crippen LogP contribution in [0.25, 0.3) is 10.6 Å². The van der Waals surface area contributed by atoms with Gasteiger partial charge in [-0.25, -0.2) is 0 Å². The van der Waals surface area contributed by atoms with Crippen molar-refractivity contribution < 1.29 is 10.2 Å². The van der Waals surface area contributed by atoms with Crippen LogP contribution in [0, 0.1) is 0 Å². The van der Waals surface area contributed by atoms with Crippen LogP contribution in [-0.4, -0.2) is 27.0 Å². The quantitative estimate of drug-likeness (QED) is 0.733. The molecule has 1 aromatic carbocycles. The molecule has 1 heterocycles. The SMILES string of the molecule is CCCNC(C)c1nnc(-c2ccc(O)c(O)c2)s1. The van der Waals surface area contributed by atoms with Crippen LogP contribution in [0.15, 0.2) is 18.2 Å². The molecule has 3 N–H and O–H groups in total. The summed E-state index contributed by atoms with van der Waals surface area (Å²) in [6.45, 7) is 5.11. The molecule has 1 unspecified atom stereocenters. The molecule has 19 heavy (non-hydrogen) atoms. The zero-order valence-electron chi connectivity index (χ0n) is 10.9. The molecule has 2 rings (SSSR count). The number of phenols is 2. The Hall–Kier alpha value is -1.66. The van der Waals surface area contributed by atoms with E-state index >= 15 is 0 Å². The van der Waals surface area contributed by atoms with Gasteiger partial charge in [-0.15, -0.1) is 10.2 Å². The van der Waals surface area contributed by atoms with E-state index in [1.807, 2.05) is 6.92 Å². The number of aromatic nitrogens is 2. The van der Waals surface area contributed by atoms with Crippen molar-refractivity contribution >= 4 is 11.3 Å². The van der Waals surface area contributed by atoms with Gasteiger partial charge >= 0.3 is 0 Å². The van der Waals surface area contributed by atoms with Gasteiger partial charge in [0.1, 0.15) is 10.0 Å². The lowest BCUT2D eigenvalue weighted by atomic mass is 10.2. The van der Waals surface area contributed by atoms with Crippen LogP contribution in [0.2, 0.25) is 0 Å². The number of hydrogen-bond acceptors (Lipinski definition) is 6. The predicted octanol–water partition coefficient (Wildman–Crippen LogP) is 2.68. The maximum atomic E-state index is 9.49. The lowest BCUT2D eigenvalue weighted by molar-refractivity contribution is 0.404. The van der Waals surface area contributed by atoms with Gasteiger partial charge < -0.3 is 15.5 Å². The molecule has 0 fully saturated rings. The van der Waals surface area contributed by atoms with Gasteiger partial charge in [0.05, 0.1) is 6.04 Å². The van der Waals surface area contributed by atoms with E-state index in [1.165, 1.54) is 23.5 Å². The Bertz CT molecular complexity index is 557. The molecular formula is C13H17N3O2S. The molecule has 5 nitrogen and oxygen atoms in total. The molecule has 1 aromatic heterocycles. The summed E-state index contributed by atoms with van der Waals surface area (Å²) < 4.78 is 0. The highest BCUT2D eigenvalue weighted by atomic mass is 32.1. The Morgan fingerprint density at radius 1 is 1.26 bits per heavy atom. The molecule has 0 aliphatic carbocycles. The Balaban J connectivity index is 2.18. The molecular weight excluding hydrogens is 262 g/mol. The molecule has 0 amide bonds. The summed E-state index contributed by atoms with van der Waals surface area (Å²) in [6, 6.07) is 4.81. The van der Waals surface area contributed by atoms with Gasteiger partial charge in [0, 0.05) is 5.56 Å². The predicted molar refractivity (Wildman–Crippen MR) is 75.4 cm³/mol. The van der Waals surface area contributed by atoms with Crippen molar-refractivity contribution in [2.24, 2.45) is 0 Å². The molecule has 0 saturated heterocycles. The van der Waals surface area contributed by atoms with E-state index in [0.717, 1.165) is 28.5 Å². The van der Waals surface area contributed by atoms with E-state index in [9.17, 15) is 10.2 Å². The van der Waals surface area contributed by atoms with Crippen LogP contribution in [0.3, 0.4) is 0 Å². The van der Waals surface area contributed by atoms with Crippen LogP contribution in [0.4, 0.5) is 0 Å².